The van der Waals surface area contributed by atoms with Gasteiger partial charge in [-0.15, -0.1) is 0 Å². The van der Waals surface area contributed by atoms with Crippen LogP contribution in [-0.4, -0.2) is 9.13 Å². The molecule has 0 fully saturated rings. The third-order valence-corrected chi connectivity index (χ3v) is 12.2. The molecule has 294 valence electrons. The Morgan fingerprint density at radius 2 is 0.641 bits per heavy atom. The number of para-hydroxylation sites is 2. The van der Waals surface area contributed by atoms with E-state index in [0.717, 1.165) is 99.5 Å². The van der Waals surface area contributed by atoms with Crippen LogP contribution in [0.25, 0.3) is 99.5 Å². The van der Waals surface area contributed by atoms with Gasteiger partial charge in [-0.25, -0.2) is 0 Å². The highest BCUT2D eigenvalue weighted by molar-refractivity contribution is 6.26. The summed E-state index contributed by atoms with van der Waals surface area (Å²) in [6, 6.07) is 74.6. The molecule has 0 aliphatic rings. The first kappa shape index (κ1) is 37.5. The zero-order valence-corrected chi connectivity index (χ0v) is 34.2. The van der Waals surface area contributed by atoms with Crippen molar-refractivity contribution in [2.24, 2.45) is 0 Å². The maximum Gasteiger partial charge on any atom is 0.0991 e. The molecule has 0 unspecified atom stereocenters. The van der Waals surface area contributed by atoms with Crippen LogP contribution in [0.15, 0.2) is 194 Å². The van der Waals surface area contributed by atoms with E-state index in [1.165, 1.54) is 0 Å². The molecule has 0 aliphatic carbocycles. The Hall–Kier alpha value is -9.46. The highest BCUT2D eigenvalue weighted by Crippen LogP contribution is 2.44. The molecule has 0 atom stereocenters. The number of benzene rings is 9. The fourth-order valence-corrected chi connectivity index (χ4v) is 9.15. The zero-order chi connectivity index (χ0) is 43.3. The third-order valence-electron chi connectivity index (χ3n) is 12.2. The minimum Gasteiger partial charge on any atom is -0.309 e. The van der Waals surface area contributed by atoms with Gasteiger partial charge in [0.25, 0.3) is 0 Å². The van der Waals surface area contributed by atoms with Gasteiger partial charge < -0.3 is 9.13 Å². The van der Waals surface area contributed by atoms with Gasteiger partial charge in [-0.2, -0.15) is 21.0 Å². The number of hydrogen-bond donors (Lipinski definition) is 0. The molecule has 2 aromatic heterocycles. The lowest BCUT2D eigenvalue weighted by Gasteiger charge is -2.15. The summed E-state index contributed by atoms with van der Waals surface area (Å²) in [6.07, 6.45) is 0. The van der Waals surface area contributed by atoms with Crippen LogP contribution in [0.1, 0.15) is 22.3 Å². The molecule has 2 heterocycles. The molecule has 0 spiro atoms. The Morgan fingerprint density at radius 3 is 1.05 bits per heavy atom. The van der Waals surface area contributed by atoms with Gasteiger partial charge in [-0.1, -0.05) is 91.0 Å². The first-order valence-electron chi connectivity index (χ1n) is 20.8. The Kier molecular flexibility index (Phi) is 8.93. The largest absolute Gasteiger partial charge is 0.309 e. The van der Waals surface area contributed by atoms with Gasteiger partial charge >= 0.3 is 0 Å². The van der Waals surface area contributed by atoms with Crippen LogP contribution in [0.5, 0.6) is 0 Å². The normalized spacial score (nSPS) is 11.1. The Labute approximate surface area is 368 Å². The Morgan fingerprint density at radius 1 is 0.281 bits per heavy atom. The van der Waals surface area contributed by atoms with Crippen LogP contribution >= 0.6 is 0 Å². The summed E-state index contributed by atoms with van der Waals surface area (Å²) in [6.45, 7) is 0. The lowest BCUT2D eigenvalue weighted by Crippen LogP contribution is -1.98. The molecular formula is C58H32N6. The molecule has 0 amide bonds. The number of nitriles is 4. The lowest BCUT2D eigenvalue weighted by atomic mass is 9.96. The van der Waals surface area contributed by atoms with Gasteiger partial charge in [-0.3, -0.25) is 0 Å². The molecule has 6 heteroatoms. The molecular weight excluding hydrogens is 781 g/mol. The molecule has 0 bridgehead atoms. The summed E-state index contributed by atoms with van der Waals surface area (Å²) in [5.41, 5.74) is 16.5. The molecule has 0 aliphatic heterocycles. The molecule has 0 N–H and O–H groups in total. The van der Waals surface area contributed by atoms with Crippen LogP contribution in [0.2, 0.25) is 0 Å². The van der Waals surface area contributed by atoms with Crippen molar-refractivity contribution >= 4 is 43.6 Å². The van der Waals surface area contributed by atoms with Crippen molar-refractivity contribution in [3.05, 3.63) is 216 Å². The van der Waals surface area contributed by atoms with Crippen molar-refractivity contribution < 1.29 is 0 Å². The minimum absolute atomic E-state index is 0.597. The summed E-state index contributed by atoms with van der Waals surface area (Å²) >= 11 is 0. The minimum atomic E-state index is 0.597. The number of aromatic nitrogens is 2. The van der Waals surface area contributed by atoms with Crippen molar-refractivity contribution in [3.8, 4) is 80.2 Å². The lowest BCUT2D eigenvalue weighted by molar-refractivity contribution is 1.17. The van der Waals surface area contributed by atoms with E-state index < -0.39 is 0 Å². The molecule has 9 aromatic carbocycles. The SMILES string of the molecule is N#Cc1ccc(-c2cc(-c3ccc(C#N)cc3)cc(-n3c4ccccc4c4c3ccc3c5ccccc5n(-c5cc(-c6ccc(C#N)cc6)cc(-c6ccc(C#N)cc6)c5)c34)c2)cc1. The predicted octanol–water partition coefficient (Wildman–Crippen LogP) is 14.0. The first-order valence-corrected chi connectivity index (χ1v) is 20.8. The van der Waals surface area contributed by atoms with Gasteiger partial charge in [-0.05, 0) is 148 Å². The van der Waals surface area contributed by atoms with Crippen molar-refractivity contribution in [1.82, 2.24) is 9.13 Å². The van der Waals surface area contributed by atoms with Crippen LogP contribution in [0.4, 0.5) is 0 Å². The molecule has 6 nitrogen and oxygen atoms in total. The van der Waals surface area contributed by atoms with Crippen molar-refractivity contribution in [1.29, 1.82) is 21.0 Å². The van der Waals surface area contributed by atoms with Gasteiger partial charge in [0.15, 0.2) is 0 Å². The second-order valence-electron chi connectivity index (χ2n) is 15.9. The standard InChI is InChI=1S/C58H32N6/c59-33-37-9-17-41(18-10-37)45-27-46(42-19-11-38(34-60)12-20-42)30-49(29-45)63-55-8-4-2-6-53(55)57-56(63)26-25-52-51-5-1-3-7-54(51)64(58(52)57)50-31-47(43-21-13-39(35-61)14-22-43)28-48(32-50)44-23-15-40(36-62)16-24-44/h1-32H. The number of hydrogen-bond acceptors (Lipinski definition) is 4. The fourth-order valence-electron chi connectivity index (χ4n) is 9.15. The second kappa shape index (κ2) is 15.2. The van der Waals surface area contributed by atoms with E-state index in [1.807, 2.05) is 97.1 Å². The van der Waals surface area contributed by atoms with E-state index in [-0.39, 0.29) is 0 Å². The third kappa shape index (κ3) is 6.24. The van der Waals surface area contributed by atoms with Gasteiger partial charge in [0.2, 0.25) is 0 Å². The maximum atomic E-state index is 9.61. The van der Waals surface area contributed by atoms with Crippen LogP contribution in [-0.2, 0) is 0 Å². The molecule has 0 radical (unpaired) electrons. The van der Waals surface area contributed by atoms with Crippen molar-refractivity contribution in [3.63, 3.8) is 0 Å². The average Bonchev–Trinajstić information content (AvgIpc) is 3.89. The second-order valence-corrected chi connectivity index (χ2v) is 15.9. The van der Waals surface area contributed by atoms with Crippen LogP contribution in [0, 0.1) is 45.3 Å². The number of nitrogens with zero attached hydrogens (tertiary/aromatic N) is 6. The van der Waals surface area contributed by atoms with Crippen molar-refractivity contribution in [2.75, 3.05) is 0 Å². The Bertz CT molecular complexity index is 3690. The van der Waals surface area contributed by atoms with E-state index in [4.69, 9.17) is 0 Å². The average molecular weight is 813 g/mol. The first-order chi connectivity index (χ1) is 31.5. The van der Waals surface area contributed by atoms with Crippen molar-refractivity contribution in [2.45, 2.75) is 0 Å². The topological polar surface area (TPSA) is 105 Å². The van der Waals surface area contributed by atoms with Crippen LogP contribution < -0.4 is 0 Å². The fraction of sp³-hybridized carbons (Fsp3) is 0. The number of fused-ring (bicyclic) bond motifs is 7. The van der Waals surface area contributed by atoms with Gasteiger partial charge in [0.1, 0.15) is 0 Å². The molecule has 11 aromatic rings. The smallest absolute Gasteiger partial charge is 0.0991 e. The molecule has 64 heavy (non-hydrogen) atoms. The highest BCUT2D eigenvalue weighted by Gasteiger charge is 2.22. The van der Waals surface area contributed by atoms with Gasteiger partial charge in [0, 0.05) is 32.9 Å². The van der Waals surface area contributed by atoms with E-state index in [1.54, 1.807) is 0 Å². The van der Waals surface area contributed by atoms with E-state index in [2.05, 4.69) is 130 Å². The maximum absolute atomic E-state index is 9.61. The highest BCUT2D eigenvalue weighted by atomic mass is 15.0. The predicted molar refractivity (Wildman–Crippen MR) is 256 cm³/mol. The summed E-state index contributed by atoms with van der Waals surface area (Å²) in [5, 5.41) is 42.9. The number of rotatable bonds is 6. The van der Waals surface area contributed by atoms with E-state index in [9.17, 15) is 21.0 Å². The summed E-state index contributed by atoms with van der Waals surface area (Å²) < 4.78 is 4.74. The summed E-state index contributed by atoms with van der Waals surface area (Å²) in [4.78, 5) is 0. The van der Waals surface area contributed by atoms with Crippen LogP contribution in [0.3, 0.4) is 0 Å². The quantitative estimate of drug-likeness (QED) is 0.167. The molecule has 0 saturated carbocycles. The summed E-state index contributed by atoms with van der Waals surface area (Å²) in [7, 11) is 0. The molecule has 0 saturated heterocycles. The van der Waals surface area contributed by atoms with E-state index in [0.29, 0.717) is 22.3 Å². The summed E-state index contributed by atoms with van der Waals surface area (Å²) in [5.74, 6) is 0. The van der Waals surface area contributed by atoms with Gasteiger partial charge in [0.05, 0.1) is 68.6 Å². The Balaban J connectivity index is 1.22. The zero-order valence-electron chi connectivity index (χ0n) is 34.2. The molecule has 11 rings (SSSR count). The van der Waals surface area contributed by atoms with E-state index >= 15 is 0 Å². The monoisotopic (exact) mass is 812 g/mol.